The van der Waals surface area contributed by atoms with Gasteiger partial charge < -0.3 is 19.3 Å². The Morgan fingerprint density at radius 1 is 0.933 bits per heavy atom. The van der Waals surface area contributed by atoms with E-state index in [1.165, 1.54) is 0 Å². The summed E-state index contributed by atoms with van der Waals surface area (Å²) >= 11 is 1.86. The molecule has 7 heteroatoms. The van der Waals surface area contributed by atoms with Gasteiger partial charge in [-0.3, -0.25) is 9.59 Å². The Morgan fingerprint density at radius 2 is 1.70 bits per heavy atom. The van der Waals surface area contributed by atoms with Gasteiger partial charge in [-0.05, 0) is 50.1 Å². The summed E-state index contributed by atoms with van der Waals surface area (Å²) in [7, 11) is 0. The van der Waals surface area contributed by atoms with E-state index in [1.54, 1.807) is 18.2 Å². The smallest absolute Gasteiger partial charge is 0.255 e. The van der Waals surface area contributed by atoms with Crippen LogP contribution in [0.15, 0.2) is 42.5 Å². The number of carbonyl (C=O) groups is 2. The molecule has 0 saturated carbocycles. The monoisotopic (exact) mass is 424 g/mol. The zero-order chi connectivity index (χ0) is 20.7. The maximum Gasteiger partial charge on any atom is 0.255 e. The van der Waals surface area contributed by atoms with Gasteiger partial charge in [0.15, 0.2) is 11.5 Å². The van der Waals surface area contributed by atoms with E-state index in [2.05, 4.69) is 0 Å². The summed E-state index contributed by atoms with van der Waals surface area (Å²) in [6, 6.07) is 13.1. The highest BCUT2D eigenvalue weighted by molar-refractivity contribution is 8.00. The number of ether oxygens (including phenoxy) is 2. The van der Waals surface area contributed by atoms with E-state index in [-0.39, 0.29) is 23.5 Å². The Balaban J connectivity index is 1.29. The molecule has 0 N–H and O–H groups in total. The summed E-state index contributed by atoms with van der Waals surface area (Å²) in [5.41, 5.74) is 2.45. The lowest BCUT2D eigenvalue weighted by atomic mass is 9.99. The number of hydrogen-bond acceptors (Lipinski definition) is 5. The van der Waals surface area contributed by atoms with Crippen molar-refractivity contribution in [2.75, 3.05) is 32.2 Å². The van der Waals surface area contributed by atoms with Crippen LogP contribution in [0.5, 0.6) is 11.5 Å². The van der Waals surface area contributed by atoms with Crippen LogP contribution in [0.25, 0.3) is 0 Å². The van der Waals surface area contributed by atoms with Crippen LogP contribution < -0.4 is 9.47 Å². The van der Waals surface area contributed by atoms with Crippen LogP contribution >= 0.6 is 11.8 Å². The number of nitrogens with zero attached hydrogens (tertiary/aromatic N) is 2. The minimum absolute atomic E-state index is 0.00251. The summed E-state index contributed by atoms with van der Waals surface area (Å²) < 4.78 is 10.7. The van der Waals surface area contributed by atoms with E-state index in [0.717, 1.165) is 36.3 Å². The van der Waals surface area contributed by atoms with Crippen molar-refractivity contribution in [2.45, 2.75) is 24.6 Å². The highest BCUT2D eigenvalue weighted by Gasteiger charge is 2.47. The number of rotatable bonds is 2. The van der Waals surface area contributed by atoms with E-state index in [9.17, 15) is 9.59 Å². The number of thioether (sulfide) groups is 1. The van der Waals surface area contributed by atoms with Gasteiger partial charge in [-0.25, -0.2) is 0 Å². The van der Waals surface area contributed by atoms with Crippen LogP contribution in [0, 0.1) is 6.92 Å². The van der Waals surface area contributed by atoms with E-state index in [4.69, 9.17) is 9.47 Å². The van der Waals surface area contributed by atoms with Crippen LogP contribution in [0.3, 0.4) is 0 Å². The van der Waals surface area contributed by atoms with Crippen molar-refractivity contribution in [1.29, 1.82) is 0 Å². The molecule has 2 fully saturated rings. The number of aryl methyl sites for hydroxylation is 1. The molecule has 0 bridgehead atoms. The van der Waals surface area contributed by atoms with Gasteiger partial charge in [0.2, 0.25) is 6.79 Å². The van der Waals surface area contributed by atoms with Gasteiger partial charge in [0.05, 0.1) is 4.87 Å². The van der Waals surface area contributed by atoms with Gasteiger partial charge in [-0.1, -0.05) is 17.7 Å². The van der Waals surface area contributed by atoms with Gasteiger partial charge in [-0.15, -0.1) is 11.8 Å². The molecule has 0 aliphatic carbocycles. The van der Waals surface area contributed by atoms with Crippen LogP contribution in [0.4, 0.5) is 0 Å². The maximum atomic E-state index is 13.2. The predicted molar refractivity (Wildman–Crippen MR) is 115 cm³/mol. The quantitative estimate of drug-likeness (QED) is 0.738. The van der Waals surface area contributed by atoms with Crippen LogP contribution in [-0.2, 0) is 0 Å². The molecule has 2 aromatic rings. The zero-order valence-electron chi connectivity index (χ0n) is 16.9. The van der Waals surface area contributed by atoms with E-state index in [0.29, 0.717) is 30.2 Å². The van der Waals surface area contributed by atoms with Crippen molar-refractivity contribution < 1.29 is 19.1 Å². The molecule has 6 nitrogen and oxygen atoms in total. The second-order valence-corrected chi connectivity index (χ2v) is 9.44. The molecule has 156 valence electrons. The molecule has 0 radical (unpaired) electrons. The lowest BCUT2D eigenvalue weighted by Crippen LogP contribution is -2.53. The third kappa shape index (κ3) is 3.31. The Morgan fingerprint density at radius 3 is 2.50 bits per heavy atom. The van der Waals surface area contributed by atoms with Crippen LogP contribution in [0.1, 0.15) is 39.1 Å². The molecular weight excluding hydrogens is 400 g/mol. The fraction of sp³-hybridized carbons (Fsp3) is 0.391. The van der Waals surface area contributed by atoms with E-state index in [1.807, 2.05) is 52.8 Å². The first-order valence-corrected chi connectivity index (χ1v) is 11.3. The minimum atomic E-state index is -0.216. The predicted octanol–water partition coefficient (Wildman–Crippen LogP) is 3.55. The normalized spacial score (nSPS) is 19.4. The molecule has 3 aliphatic rings. The van der Waals surface area contributed by atoms with Crippen molar-refractivity contribution in [3.8, 4) is 11.5 Å². The molecular formula is C23H24N2O4S. The number of hydrogen-bond donors (Lipinski definition) is 0. The van der Waals surface area contributed by atoms with Gasteiger partial charge in [0.1, 0.15) is 0 Å². The fourth-order valence-electron chi connectivity index (χ4n) is 4.51. The molecule has 2 amide bonds. The van der Waals surface area contributed by atoms with Crippen molar-refractivity contribution >= 4 is 23.6 Å². The van der Waals surface area contributed by atoms with Crippen LogP contribution in [-0.4, -0.2) is 58.7 Å². The summed E-state index contributed by atoms with van der Waals surface area (Å²) in [5.74, 6) is 2.34. The molecule has 0 atom stereocenters. The van der Waals surface area contributed by atoms with Crippen molar-refractivity contribution in [3.05, 3.63) is 59.2 Å². The topological polar surface area (TPSA) is 59.1 Å². The Labute approximate surface area is 180 Å². The second-order valence-electron chi connectivity index (χ2n) is 7.98. The van der Waals surface area contributed by atoms with E-state index < -0.39 is 0 Å². The molecule has 3 heterocycles. The summed E-state index contributed by atoms with van der Waals surface area (Å²) in [6.07, 6.45) is 1.57. The average Bonchev–Trinajstić information content (AvgIpc) is 3.40. The minimum Gasteiger partial charge on any atom is -0.454 e. The SMILES string of the molecule is Cc1cccc(C(=O)N2CCSC23CCN(C(=O)c2ccc4c(c2)OCO4)CC3)c1. The third-order valence-electron chi connectivity index (χ3n) is 6.14. The highest BCUT2D eigenvalue weighted by Crippen LogP contribution is 2.45. The summed E-state index contributed by atoms with van der Waals surface area (Å²) in [6.45, 7) is 4.23. The standard InChI is InChI=1S/C23H24N2O4S/c1-16-3-2-4-17(13-16)22(27)25-11-12-30-23(25)7-9-24(10-8-23)21(26)18-5-6-19-20(14-18)29-15-28-19/h2-6,13-14H,7-12,15H2,1H3. The molecule has 2 aromatic carbocycles. The van der Waals surface area contributed by atoms with Crippen LogP contribution in [0.2, 0.25) is 0 Å². The molecule has 30 heavy (non-hydrogen) atoms. The lowest BCUT2D eigenvalue weighted by molar-refractivity contribution is 0.0497. The largest absolute Gasteiger partial charge is 0.454 e. The lowest BCUT2D eigenvalue weighted by Gasteiger charge is -2.44. The first kappa shape index (κ1) is 19.3. The molecule has 5 rings (SSSR count). The summed E-state index contributed by atoms with van der Waals surface area (Å²) in [5, 5.41) is 0. The Hall–Kier alpha value is -2.67. The van der Waals surface area contributed by atoms with E-state index >= 15 is 0 Å². The van der Waals surface area contributed by atoms with Crippen molar-refractivity contribution in [3.63, 3.8) is 0 Å². The number of likely N-dealkylation sites (tertiary alicyclic amines) is 1. The number of carbonyl (C=O) groups excluding carboxylic acids is 2. The van der Waals surface area contributed by atoms with Gasteiger partial charge in [0.25, 0.3) is 11.8 Å². The van der Waals surface area contributed by atoms with Crippen molar-refractivity contribution in [1.82, 2.24) is 9.80 Å². The highest BCUT2D eigenvalue weighted by atomic mass is 32.2. The first-order valence-electron chi connectivity index (χ1n) is 10.3. The van der Waals surface area contributed by atoms with Gasteiger partial charge in [0, 0.05) is 36.5 Å². The molecule has 0 unspecified atom stereocenters. The summed E-state index contributed by atoms with van der Waals surface area (Å²) in [4.78, 5) is 30.0. The first-order chi connectivity index (χ1) is 14.6. The Bertz CT molecular complexity index is 1000. The molecule has 0 aromatic heterocycles. The molecule has 1 spiro atoms. The number of fused-ring (bicyclic) bond motifs is 1. The number of piperidine rings is 1. The van der Waals surface area contributed by atoms with Gasteiger partial charge in [-0.2, -0.15) is 0 Å². The molecule has 2 saturated heterocycles. The second kappa shape index (κ2) is 7.54. The molecule has 3 aliphatic heterocycles. The fourth-order valence-corrected chi connectivity index (χ4v) is 5.97. The maximum absolute atomic E-state index is 13.2. The third-order valence-corrected chi connectivity index (χ3v) is 7.69. The average molecular weight is 425 g/mol. The van der Waals surface area contributed by atoms with Crippen molar-refractivity contribution in [2.24, 2.45) is 0 Å². The number of benzene rings is 2. The zero-order valence-corrected chi connectivity index (χ0v) is 17.7. The number of amides is 2. The van der Waals surface area contributed by atoms with Gasteiger partial charge >= 0.3 is 0 Å². The Kier molecular flexibility index (Phi) is 4.85.